The van der Waals surface area contributed by atoms with E-state index in [4.69, 9.17) is 18.9 Å². The maximum atomic E-state index is 13.0. The Morgan fingerprint density at radius 1 is 1.00 bits per heavy atom. The minimum atomic E-state index is -1.67. The summed E-state index contributed by atoms with van der Waals surface area (Å²) in [6.45, 7) is 0. The van der Waals surface area contributed by atoms with Gasteiger partial charge in [-0.1, -0.05) is 24.3 Å². The number of hydrogen-bond acceptors (Lipinski definition) is 7. The topological polar surface area (TPSA) is 101 Å². The molecule has 4 unspecified atom stereocenters. The Labute approximate surface area is 152 Å². The maximum absolute atomic E-state index is 13.0. The summed E-state index contributed by atoms with van der Waals surface area (Å²) in [4.78, 5) is 13.0. The van der Waals surface area contributed by atoms with Gasteiger partial charge < -0.3 is 29.2 Å². The number of fused-ring (bicyclic) bond motifs is 2. The zero-order valence-corrected chi connectivity index (χ0v) is 13.9. The van der Waals surface area contributed by atoms with Gasteiger partial charge in [-0.05, 0) is 29.7 Å². The highest BCUT2D eigenvalue weighted by molar-refractivity contribution is 6.05. The maximum Gasteiger partial charge on any atom is 0.320 e. The molecule has 1 spiro atoms. The van der Waals surface area contributed by atoms with Gasteiger partial charge >= 0.3 is 5.79 Å². The third-order valence-corrected chi connectivity index (χ3v) is 6.54. The molecule has 6 atom stereocenters. The van der Waals surface area contributed by atoms with Crippen LogP contribution in [0.2, 0.25) is 0 Å². The number of ether oxygens (including phenoxy) is 4. The van der Waals surface area contributed by atoms with Crippen molar-refractivity contribution in [2.75, 3.05) is 0 Å². The zero-order valence-electron chi connectivity index (χ0n) is 13.9. The minimum Gasteiger partial charge on any atom is -0.446 e. The predicted molar refractivity (Wildman–Crippen MR) is 89.3 cm³/mol. The Kier molecular flexibility index (Phi) is 2.17. The molecule has 2 aliphatic carbocycles. The summed E-state index contributed by atoms with van der Waals surface area (Å²) in [7, 11) is 0. The Bertz CT molecular complexity index is 1050. The van der Waals surface area contributed by atoms with E-state index in [1.54, 1.807) is 12.1 Å². The molecule has 2 aromatic rings. The lowest BCUT2D eigenvalue weighted by Gasteiger charge is -2.45. The van der Waals surface area contributed by atoms with Gasteiger partial charge in [0, 0.05) is 0 Å². The third kappa shape index (κ3) is 1.28. The molecule has 7 rings (SSSR count). The third-order valence-electron chi connectivity index (χ3n) is 6.54. The molecule has 7 nitrogen and oxygen atoms in total. The summed E-state index contributed by atoms with van der Waals surface area (Å²) in [6, 6.07) is 11.2. The minimum absolute atomic E-state index is 0.410. The standard InChI is InChI=1S/C20H14O7/c21-12-7-8-13(22)19-18(12,27-19)16(23)15-17(24-15)20(19)25-10-5-1-3-9-4-2-6-11(26-20)14(9)10/h1-8,12,15-17,21,23H/t12-,15?,16-,17?,18?,19?/m0/s1. The van der Waals surface area contributed by atoms with Gasteiger partial charge in [-0.3, -0.25) is 4.79 Å². The van der Waals surface area contributed by atoms with E-state index in [1.807, 2.05) is 24.3 Å². The Morgan fingerprint density at radius 2 is 1.70 bits per heavy atom. The molecule has 3 fully saturated rings. The van der Waals surface area contributed by atoms with Crippen LogP contribution < -0.4 is 9.47 Å². The Morgan fingerprint density at radius 3 is 2.41 bits per heavy atom. The van der Waals surface area contributed by atoms with Crippen molar-refractivity contribution in [1.29, 1.82) is 0 Å². The highest BCUT2D eigenvalue weighted by atomic mass is 16.8. The summed E-state index contributed by atoms with van der Waals surface area (Å²) in [5.41, 5.74) is -3.20. The number of benzene rings is 2. The van der Waals surface area contributed by atoms with E-state index >= 15 is 0 Å². The molecule has 2 saturated heterocycles. The summed E-state index contributed by atoms with van der Waals surface area (Å²) in [5, 5.41) is 23.1. The van der Waals surface area contributed by atoms with Gasteiger partial charge in [0.25, 0.3) is 0 Å². The van der Waals surface area contributed by atoms with Crippen molar-refractivity contribution in [3.63, 3.8) is 0 Å². The average Bonchev–Trinajstić information content (AvgIpc) is 3.57. The number of hydrogen-bond donors (Lipinski definition) is 2. The molecule has 5 aliphatic rings. The number of carbonyl (C=O) groups is 1. The molecule has 0 radical (unpaired) electrons. The molecule has 3 aliphatic heterocycles. The molecule has 136 valence electrons. The Balaban J connectivity index is 1.50. The van der Waals surface area contributed by atoms with Crippen LogP contribution in [0.4, 0.5) is 0 Å². The number of carbonyl (C=O) groups excluding carboxylic acids is 1. The summed E-state index contributed by atoms with van der Waals surface area (Å²) in [6.07, 6.45) is -1.05. The van der Waals surface area contributed by atoms with Crippen LogP contribution in [0.15, 0.2) is 48.6 Å². The summed E-state index contributed by atoms with van der Waals surface area (Å²) >= 11 is 0. The molecule has 1 saturated carbocycles. The lowest BCUT2D eigenvalue weighted by molar-refractivity contribution is -0.191. The highest BCUT2D eigenvalue weighted by Gasteiger charge is 2.99. The smallest absolute Gasteiger partial charge is 0.320 e. The van der Waals surface area contributed by atoms with Crippen molar-refractivity contribution < 1.29 is 34.0 Å². The van der Waals surface area contributed by atoms with Crippen LogP contribution in [0, 0.1) is 0 Å². The van der Waals surface area contributed by atoms with Crippen molar-refractivity contribution >= 4 is 16.6 Å². The second-order valence-corrected chi connectivity index (χ2v) is 7.69. The average molecular weight is 366 g/mol. The van der Waals surface area contributed by atoms with E-state index < -0.39 is 47.2 Å². The second kappa shape index (κ2) is 4.02. The van der Waals surface area contributed by atoms with Gasteiger partial charge in [-0.15, -0.1) is 0 Å². The summed E-state index contributed by atoms with van der Waals surface area (Å²) < 4.78 is 24.2. The van der Waals surface area contributed by atoms with Crippen molar-refractivity contribution in [2.24, 2.45) is 0 Å². The molecule has 7 heteroatoms. The van der Waals surface area contributed by atoms with Crippen LogP contribution in [-0.2, 0) is 14.3 Å². The van der Waals surface area contributed by atoms with Crippen LogP contribution >= 0.6 is 0 Å². The fraction of sp³-hybridized carbons (Fsp3) is 0.350. The van der Waals surface area contributed by atoms with E-state index in [9.17, 15) is 15.0 Å². The van der Waals surface area contributed by atoms with Crippen molar-refractivity contribution in [3.05, 3.63) is 48.6 Å². The van der Waals surface area contributed by atoms with Crippen LogP contribution in [0.25, 0.3) is 10.8 Å². The molecule has 3 heterocycles. The fourth-order valence-corrected chi connectivity index (χ4v) is 5.30. The first-order valence-corrected chi connectivity index (χ1v) is 8.89. The van der Waals surface area contributed by atoms with Crippen LogP contribution in [0.3, 0.4) is 0 Å². The lowest BCUT2D eigenvalue weighted by atomic mass is 9.66. The molecule has 27 heavy (non-hydrogen) atoms. The summed E-state index contributed by atoms with van der Waals surface area (Å²) in [5.74, 6) is -0.916. The first-order chi connectivity index (χ1) is 13.1. The molecule has 0 bridgehead atoms. The lowest BCUT2D eigenvalue weighted by Crippen LogP contribution is -2.73. The number of epoxide rings is 2. The fourth-order valence-electron chi connectivity index (χ4n) is 5.30. The highest BCUT2D eigenvalue weighted by Crippen LogP contribution is 2.71. The largest absolute Gasteiger partial charge is 0.446 e. The van der Waals surface area contributed by atoms with E-state index in [0.717, 1.165) is 10.8 Å². The SMILES string of the molecule is O=C1C=C[C@H](O)C23OC12C1(Oc2cccc4cccc(c24)O1)C1OC1[C@@H]3O. The second-order valence-electron chi connectivity index (χ2n) is 7.69. The number of rotatable bonds is 0. The van der Waals surface area contributed by atoms with Gasteiger partial charge in [0.2, 0.25) is 5.60 Å². The van der Waals surface area contributed by atoms with E-state index in [2.05, 4.69) is 0 Å². The normalized spacial score (nSPS) is 44.0. The van der Waals surface area contributed by atoms with Gasteiger partial charge in [-0.25, -0.2) is 0 Å². The monoisotopic (exact) mass is 366 g/mol. The van der Waals surface area contributed by atoms with Gasteiger partial charge in [-0.2, -0.15) is 0 Å². The van der Waals surface area contributed by atoms with E-state index in [0.29, 0.717) is 11.5 Å². The van der Waals surface area contributed by atoms with E-state index in [-0.39, 0.29) is 0 Å². The Hall–Kier alpha value is -2.45. The number of aliphatic hydroxyl groups excluding tert-OH is 2. The molecule has 2 N–H and O–H groups in total. The van der Waals surface area contributed by atoms with Gasteiger partial charge in [0.1, 0.15) is 29.8 Å². The quantitative estimate of drug-likeness (QED) is 0.653. The van der Waals surface area contributed by atoms with Crippen molar-refractivity contribution in [1.82, 2.24) is 0 Å². The van der Waals surface area contributed by atoms with E-state index in [1.165, 1.54) is 12.2 Å². The number of aliphatic hydroxyl groups is 2. The predicted octanol–water partition coefficient (Wildman–Crippen LogP) is 0.457. The van der Waals surface area contributed by atoms with Crippen molar-refractivity contribution in [3.8, 4) is 11.5 Å². The molecule has 0 aromatic heterocycles. The molecular weight excluding hydrogens is 352 g/mol. The first kappa shape index (κ1) is 14.6. The van der Waals surface area contributed by atoms with Gasteiger partial charge in [0.15, 0.2) is 17.5 Å². The molecule has 2 aromatic carbocycles. The first-order valence-electron chi connectivity index (χ1n) is 8.89. The molecule has 0 amide bonds. The molecular formula is C20H14O7. The van der Waals surface area contributed by atoms with Crippen molar-refractivity contribution in [2.45, 2.75) is 41.4 Å². The van der Waals surface area contributed by atoms with Crippen LogP contribution in [0.1, 0.15) is 0 Å². The zero-order chi connectivity index (χ0) is 18.2. The van der Waals surface area contributed by atoms with Crippen LogP contribution in [-0.4, -0.2) is 57.4 Å². The van der Waals surface area contributed by atoms with Crippen LogP contribution in [0.5, 0.6) is 11.5 Å². The van der Waals surface area contributed by atoms with Gasteiger partial charge in [0.05, 0.1) is 5.39 Å². The number of ketones is 1.